The molecule has 0 aliphatic carbocycles. The van der Waals surface area contributed by atoms with Gasteiger partial charge in [0.1, 0.15) is 0 Å². The molecule has 96 valence electrons. The Morgan fingerprint density at radius 2 is 1.88 bits per heavy atom. The van der Waals surface area contributed by atoms with Crippen molar-refractivity contribution in [3.05, 3.63) is 35.9 Å². The Labute approximate surface area is 103 Å². The van der Waals surface area contributed by atoms with Crippen molar-refractivity contribution in [2.75, 3.05) is 19.7 Å². The molecule has 0 aromatic heterocycles. The molecule has 0 radical (unpaired) electrons. The molecule has 1 aromatic carbocycles. The second-order valence-corrected chi connectivity index (χ2v) is 4.31. The van der Waals surface area contributed by atoms with Crippen LogP contribution in [0.15, 0.2) is 30.3 Å². The maximum Gasteiger partial charge on any atom is 0.0667 e. The average molecular weight is 237 g/mol. The van der Waals surface area contributed by atoms with Crippen molar-refractivity contribution in [1.82, 2.24) is 5.32 Å². The Hall–Kier alpha value is -0.900. The van der Waals surface area contributed by atoms with Gasteiger partial charge in [0.25, 0.3) is 0 Å². The van der Waals surface area contributed by atoms with Gasteiger partial charge in [0, 0.05) is 13.2 Å². The lowest BCUT2D eigenvalue weighted by Gasteiger charge is -2.11. The van der Waals surface area contributed by atoms with E-state index in [1.54, 1.807) is 0 Å². The predicted molar refractivity (Wildman–Crippen MR) is 70.0 cm³/mol. The van der Waals surface area contributed by atoms with E-state index in [-0.39, 0.29) is 12.7 Å². The first kappa shape index (κ1) is 14.2. The van der Waals surface area contributed by atoms with Crippen LogP contribution in [-0.2, 0) is 6.42 Å². The highest BCUT2D eigenvalue weighted by Crippen LogP contribution is 2.04. The maximum absolute atomic E-state index is 9.76. The van der Waals surface area contributed by atoms with Crippen LogP contribution in [-0.4, -0.2) is 36.0 Å². The van der Waals surface area contributed by atoms with Crippen molar-refractivity contribution < 1.29 is 10.2 Å². The molecular weight excluding hydrogens is 214 g/mol. The van der Waals surface area contributed by atoms with Gasteiger partial charge in [-0.1, -0.05) is 30.3 Å². The highest BCUT2D eigenvalue weighted by molar-refractivity contribution is 5.14. The van der Waals surface area contributed by atoms with Gasteiger partial charge in [0.15, 0.2) is 0 Å². The first-order chi connectivity index (χ1) is 8.33. The van der Waals surface area contributed by atoms with Gasteiger partial charge in [0.2, 0.25) is 0 Å². The quantitative estimate of drug-likeness (QED) is 0.568. The van der Waals surface area contributed by atoms with Crippen LogP contribution >= 0.6 is 0 Å². The van der Waals surface area contributed by atoms with E-state index in [1.807, 2.05) is 18.2 Å². The van der Waals surface area contributed by atoms with E-state index in [2.05, 4.69) is 17.4 Å². The third kappa shape index (κ3) is 7.10. The second-order valence-electron chi connectivity index (χ2n) is 4.31. The van der Waals surface area contributed by atoms with Gasteiger partial charge < -0.3 is 15.5 Å². The molecule has 0 saturated carbocycles. The van der Waals surface area contributed by atoms with Crippen LogP contribution in [0.4, 0.5) is 0 Å². The van der Waals surface area contributed by atoms with E-state index >= 15 is 0 Å². The molecule has 0 aliphatic heterocycles. The van der Waals surface area contributed by atoms with Crippen LogP contribution in [0.2, 0.25) is 0 Å². The van der Waals surface area contributed by atoms with Crippen molar-refractivity contribution in [2.24, 2.45) is 0 Å². The molecular formula is C14H23NO2. The highest BCUT2D eigenvalue weighted by Gasteiger charge is 2.03. The Morgan fingerprint density at radius 3 is 2.59 bits per heavy atom. The van der Waals surface area contributed by atoms with Gasteiger partial charge in [-0.15, -0.1) is 0 Å². The minimum absolute atomic E-state index is 0.248. The zero-order chi connectivity index (χ0) is 12.3. The van der Waals surface area contributed by atoms with Crippen molar-refractivity contribution in [1.29, 1.82) is 0 Å². The first-order valence-electron chi connectivity index (χ1n) is 6.36. The zero-order valence-electron chi connectivity index (χ0n) is 10.3. The van der Waals surface area contributed by atoms with E-state index < -0.39 is 0 Å². The lowest BCUT2D eigenvalue weighted by molar-refractivity contribution is 0.161. The highest BCUT2D eigenvalue weighted by atomic mass is 16.3. The summed E-state index contributed by atoms with van der Waals surface area (Å²) in [7, 11) is 0. The summed E-state index contributed by atoms with van der Waals surface area (Å²) in [4.78, 5) is 0. The molecule has 1 aromatic rings. The molecule has 3 N–H and O–H groups in total. The molecule has 1 atom stereocenters. The number of unbranched alkanes of at least 4 members (excludes halogenated alkanes) is 1. The summed E-state index contributed by atoms with van der Waals surface area (Å²) in [5.41, 5.74) is 1.27. The number of rotatable bonds is 9. The minimum Gasteiger partial charge on any atom is -0.396 e. The van der Waals surface area contributed by atoms with Gasteiger partial charge in [-0.3, -0.25) is 0 Å². The van der Waals surface area contributed by atoms with E-state index in [1.165, 1.54) is 5.56 Å². The minimum atomic E-state index is -0.288. The zero-order valence-corrected chi connectivity index (χ0v) is 10.3. The molecule has 3 heteroatoms. The van der Waals surface area contributed by atoms with E-state index in [9.17, 15) is 5.11 Å². The van der Waals surface area contributed by atoms with Crippen LogP contribution in [0.3, 0.4) is 0 Å². The summed E-state index contributed by atoms with van der Waals surface area (Å²) in [6, 6.07) is 10.2. The third-order valence-electron chi connectivity index (χ3n) is 2.75. The molecule has 0 aliphatic rings. The summed E-state index contributed by atoms with van der Waals surface area (Å²) in [5.74, 6) is 0. The molecule has 0 amide bonds. The van der Waals surface area contributed by atoms with Gasteiger partial charge in [-0.05, 0) is 37.8 Å². The fourth-order valence-electron chi connectivity index (χ4n) is 1.71. The Balaban J connectivity index is 2.03. The fourth-order valence-corrected chi connectivity index (χ4v) is 1.71. The van der Waals surface area contributed by atoms with Crippen LogP contribution in [0.5, 0.6) is 0 Å². The molecule has 0 saturated heterocycles. The molecule has 3 nitrogen and oxygen atoms in total. The van der Waals surface area contributed by atoms with Crippen LogP contribution in [0.25, 0.3) is 0 Å². The van der Waals surface area contributed by atoms with E-state index in [4.69, 9.17) is 5.11 Å². The van der Waals surface area contributed by atoms with Crippen LogP contribution < -0.4 is 5.32 Å². The van der Waals surface area contributed by atoms with Crippen molar-refractivity contribution in [3.8, 4) is 0 Å². The summed E-state index contributed by atoms with van der Waals surface area (Å²) in [5, 5.41) is 21.6. The lowest BCUT2D eigenvalue weighted by Crippen LogP contribution is -2.28. The Kier molecular flexibility index (Phi) is 7.63. The number of aryl methyl sites for hydroxylation is 1. The fraction of sp³-hybridized carbons (Fsp3) is 0.571. The number of aliphatic hydroxyl groups is 2. The summed E-state index contributed by atoms with van der Waals surface area (Å²) in [6.45, 7) is 1.75. The number of hydrogen-bond donors (Lipinski definition) is 3. The average Bonchev–Trinajstić information content (AvgIpc) is 2.37. The predicted octanol–water partition coefficient (Wildman–Crippen LogP) is 1.34. The Morgan fingerprint density at radius 1 is 1.12 bits per heavy atom. The number of benzene rings is 1. The summed E-state index contributed by atoms with van der Waals surface area (Å²) >= 11 is 0. The third-order valence-corrected chi connectivity index (χ3v) is 2.75. The first-order valence-corrected chi connectivity index (χ1v) is 6.36. The molecule has 0 heterocycles. The normalized spacial score (nSPS) is 12.6. The monoisotopic (exact) mass is 237 g/mol. The number of hydrogen-bond acceptors (Lipinski definition) is 3. The largest absolute Gasteiger partial charge is 0.396 e. The van der Waals surface area contributed by atoms with Crippen molar-refractivity contribution >= 4 is 0 Å². The van der Waals surface area contributed by atoms with Gasteiger partial charge in [0.05, 0.1) is 6.10 Å². The van der Waals surface area contributed by atoms with Crippen molar-refractivity contribution in [2.45, 2.75) is 31.8 Å². The van der Waals surface area contributed by atoms with Crippen molar-refractivity contribution in [3.63, 3.8) is 0 Å². The molecule has 0 spiro atoms. The van der Waals surface area contributed by atoms with Gasteiger partial charge in [-0.25, -0.2) is 0 Å². The molecule has 0 bridgehead atoms. The van der Waals surface area contributed by atoms with Crippen LogP contribution in [0.1, 0.15) is 24.8 Å². The SMILES string of the molecule is OCCCCNC[C@H](O)CCc1ccccc1. The standard InChI is InChI=1S/C14H23NO2/c16-11-5-4-10-15-12-14(17)9-8-13-6-2-1-3-7-13/h1-3,6-7,14-17H,4-5,8-12H2/t14-/m1/s1. The van der Waals surface area contributed by atoms with Gasteiger partial charge >= 0.3 is 0 Å². The summed E-state index contributed by atoms with van der Waals surface area (Å²) < 4.78 is 0. The van der Waals surface area contributed by atoms with Crippen LogP contribution in [0, 0.1) is 0 Å². The second kappa shape index (κ2) is 9.16. The number of nitrogens with one attached hydrogen (secondary N) is 1. The van der Waals surface area contributed by atoms with E-state index in [0.29, 0.717) is 6.54 Å². The summed E-state index contributed by atoms with van der Waals surface area (Å²) in [6.07, 6.45) is 3.20. The van der Waals surface area contributed by atoms with Gasteiger partial charge in [-0.2, -0.15) is 0 Å². The molecule has 0 unspecified atom stereocenters. The molecule has 1 rings (SSSR count). The van der Waals surface area contributed by atoms with E-state index in [0.717, 1.165) is 32.2 Å². The Bertz CT molecular complexity index is 277. The topological polar surface area (TPSA) is 52.5 Å². The molecule has 0 fully saturated rings. The maximum atomic E-state index is 9.76. The lowest BCUT2D eigenvalue weighted by atomic mass is 10.1. The smallest absolute Gasteiger partial charge is 0.0667 e. The number of aliphatic hydroxyl groups excluding tert-OH is 2. The molecule has 17 heavy (non-hydrogen) atoms.